The molecule has 0 saturated carbocycles. The highest BCUT2D eigenvalue weighted by Gasteiger charge is 2.40. The molecule has 2 amide bonds. The van der Waals surface area contributed by atoms with Crippen LogP contribution in [0.15, 0.2) is 48.2 Å². The van der Waals surface area contributed by atoms with Crippen molar-refractivity contribution >= 4 is 23.1 Å². The predicted molar refractivity (Wildman–Crippen MR) is 111 cm³/mol. The molecular weight excluding hydrogens is 409 g/mol. The van der Waals surface area contributed by atoms with Crippen LogP contribution in [-0.2, 0) is 9.59 Å². The minimum absolute atomic E-state index is 0.0754. The molecule has 2 aromatic rings. The fourth-order valence-electron chi connectivity index (χ4n) is 3.45. The average molecular weight is 432 g/mol. The number of benzene rings is 2. The van der Waals surface area contributed by atoms with Crippen LogP contribution in [0.2, 0.25) is 0 Å². The van der Waals surface area contributed by atoms with Crippen LogP contribution in [0.1, 0.15) is 30.5 Å². The average Bonchev–Trinajstić information content (AvgIpc) is 2.86. The molecule has 0 radical (unpaired) electrons. The molecule has 0 atom stereocenters. The summed E-state index contributed by atoms with van der Waals surface area (Å²) in [5.74, 6) is -1.17. The molecule has 1 N–H and O–H groups in total. The summed E-state index contributed by atoms with van der Waals surface area (Å²) < 4.78 is 41.0. The standard InChI is InChI=1S/C23H23F3N2O3/c1-13(2)12-28-21(29)19(18-10-5-14(3)11-15(18)4)20(22(28)30)27-16-6-8-17(9-7-16)31-23(24,25)26/h5-11,13,27H,12H2,1-4H3. The lowest BCUT2D eigenvalue weighted by Crippen LogP contribution is -2.35. The summed E-state index contributed by atoms with van der Waals surface area (Å²) in [6.45, 7) is 7.86. The molecule has 164 valence electrons. The molecule has 1 heterocycles. The van der Waals surface area contributed by atoms with Crippen LogP contribution in [0, 0.1) is 19.8 Å². The Kier molecular flexibility index (Phi) is 6.10. The molecule has 1 aliphatic rings. The van der Waals surface area contributed by atoms with E-state index in [0.29, 0.717) is 11.3 Å². The number of amides is 2. The molecule has 1 aliphatic heterocycles. The number of hydrogen-bond acceptors (Lipinski definition) is 4. The number of aryl methyl sites for hydroxylation is 2. The third kappa shape index (κ3) is 5.07. The quantitative estimate of drug-likeness (QED) is 0.649. The van der Waals surface area contributed by atoms with Crippen molar-refractivity contribution in [3.05, 3.63) is 64.9 Å². The molecule has 0 saturated heterocycles. The monoisotopic (exact) mass is 432 g/mol. The summed E-state index contributed by atoms with van der Waals surface area (Å²) in [5, 5.41) is 2.94. The number of hydrogen-bond donors (Lipinski definition) is 1. The van der Waals surface area contributed by atoms with Gasteiger partial charge >= 0.3 is 6.36 Å². The number of carbonyl (C=O) groups is 2. The van der Waals surface area contributed by atoms with E-state index in [1.807, 2.05) is 39.8 Å². The van der Waals surface area contributed by atoms with Crippen LogP contribution < -0.4 is 10.1 Å². The highest BCUT2D eigenvalue weighted by molar-refractivity contribution is 6.36. The van der Waals surface area contributed by atoms with Crippen LogP contribution in [0.4, 0.5) is 18.9 Å². The molecule has 0 aromatic heterocycles. The summed E-state index contributed by atoms with van der Waals surface area (Å²) >= 11 is 0. The smallest absolute Gasteiger partial charge is 0.406 e. The first-order valence-electron chi connectivity index (χ1n) is 9.77. The van der Waals surface area contributed by atoms with Crippen molar-refractivity contribution in [1.29, 1.82) is 0 Å². The Morgan fingerprint density at radius 3 is 2.19 bits per heavy atom. The molecule has 0 bridgehead atoms. The van der Waals surface area contributed by atoms with Gasteiger partial charge < -0.3 is 10.1 Å². The second-order valence-electron chi connectivity index (χ2n) is 7.88. The van der Waals surface area contributed by atoms with E-state index in [9.17, 15) is 22.8 Å². The first kappa shape index (κ1) is 22.4. The second kappa shape index (κ2) is 8.45. The number of halogens is 3. The number of carbonyl (C=O) groups excluding carboxylic acids is 2. The Morgan fingerprint density at radius 2 is 1.65 bits per heavy atom. The molecule has 0 unspecified atom stereocenters. The summed E-state index contributed by atoms with van der Waals surface area (Å²) in [4.78, 5) is 27.4. The largest absolute Gasteiger partial charge is 0.573 e. The van der Waals surface area contributed by atoms with Crippen LogP contribution in [0.3, 0.4) is 0 Å². The van der Waals surface area contributed by atoms with Crippen LogP contribution in [-0.4, -0.2) is 29.6 Å². The summed E-state index contributed by atoms with van der Waals surface area (Å²) in [6.07, 6.45) is -4.79. The summed E-state index contributed by atoms with van der Waals surface area (Å²) in [5.41, 5.74) is 3.21. The molecule has 5 nitrogen and oxygen atoms in total. The number of alkyl halides is 3. The fourth-order valence-corrected chi connectivity index (χ4v) is 3.45. The maximum absolute atomic E-state index is 13.2. The molecule has 8 heteroatoms. The molecule has 3 rings (SSSR count). The summed E-state index contributed by atoms with van der Waals surface area (Å²) in [7, 11) is 0. The second-order valence-corrected chi connectivity index (χ2v) is 7.88. The third-order valence-electron chi connectivity index (χ3n) is 4.72. The van der Waals surface area contributed by atoms with Crippen molar-refractivity contribution in [2.45, 2.75) is 34.1 Å². The van der Waals surface area contributed by atoms with Gasteiger partial charge in [0.2, 0.25) is 0 Å². The van der Waals surface area contributed by atoms with Crippen LogP contribution in [0.25, 0.3) is 5.57 Å². The molecule has 0 fully saturated rings. The number of nitrogens with one attached hydrogen (secondary N) is 1. The Labute approximate surface area is 178 Å². The number of rotatable bonds is 6. The van der Waals surface area contributed by atoms with Gasteiger partial charge in [0.25, 0.3) is 11.8 Å². The number of nitrogens with zero attached hydrogens (tertiary/aromatic N) is 1. The Balaban J connectivity index is 2.00. The van der Waals surface area contributed by atoms with Crippen molar-refractivity contribution in [3.8, 4) is 5.75 Å². The molecular formula is C23H23F3N2O3. The van der Waals surface area contributed by atoms with Gasteiger partial charge in [-0.15, -0.1) is 13.2 Å². The topological polar surface area (TPSA) is 58.6 Å². The lowest BCUT2D eigenvalue weighted by Gasteiger charge is -2.17. The fraction of sp³-hybridized carbons (Fsp3) is 0.304. The normalized spacial score (nSPS) is 14.6. The van der Waals surface area contributed by atoms with Crippen molar-refractivity contribution in [1.82, 2.24) is 4.90 Å². The zero-order chi connectivity index (χ0) is 22.9. The van der Waals surface area contributed by atoms with E-state index in [1.54, 1.807) is 6.07 Å². The molecule has 31 heavy (non-hydrogen) atoms. The van der Waals surface area contributed by atoms with Crippen molar-refractivity contribution < 1.29 is 27.5 Å². The van der Waals surface area contributed by atoms with E-state index in [0.717, 1.165) is 23.3 Å². The van der Waals surface area contributed by atoms with Crippen molar-refractivity contribution in [2.75, 3.05) is 11.9 Å². The zero-order valence-electron chi connectivity index (χ0n) is 17.6. The number of anilines is 1. The lowest BCUT2D eigenvalue weighted by atomic mass is 9.97. The molecule has 0 spiro atoms. The van der Waals surface area contributed by atoms with E-state index >= 15 is 0 Å². The molecule has 0 aliphatic carbocycles. The SMILES string of the molecule is Cc1ccc(C2=C(Nc3ccc(OC(F)(F)F)cc3)C(=O)N(CC(C)C)C2=O)c(C)c1. The van der Waals surface area contributed by atoms with Gasteiger partial charge in [0.15, 0.2) is 0 Å². The summed E-state index contributed by atoms with van der Waals surface area (Å²) in [6, 6.07) is 10.6. The van der Waals surface area contributed by atoms with Crippen LogP contribution in [0.5, 0.6) is 5.75 Å². The van der Waals surface area contributed by atoms with E-state index in [-0.39, 0.29) is 29.5 Å². The zero-order valence-corrected chi connectivity index (χ0v) is 17.6. The van der Waals surface area contributed by atoms with Crippen LogP contribution >= 0.6 is 0 Å². The first-order valence-corrected chi connectivity index (χ1v) is 9.77. The van der Waals surface area contributed by atoms with Gasteiger partial charge in [0, 0.05) is 12.2 Å². The molecule has 2 aromatic carbocycles. The Hall–Kier alpha value is -3.29. The third-order valence-corrected chi connectivity index (χ3v) is 4.72. The van der Waals surface area contributed by atoms with Gasteiger partial charge in [0.05, 0.1) is 5.57 Å². The van der Waals surface area contributed by atoms with E-state index < -0.39 is 18.2 Å². The minimum atomic E-state index is -4.79. The highest BCUT2D eigenvalue weighted by atomic mass is 19.4. The first-order chi connectivity index (χ1) is 14.5. The van der Waals surface area contributed by atoms with Crippen molar-refractivity contribution in [2.24, 2.45) is 5.92 Å². The lowest BCUT2D eigenvalue weighted by molar-refractivity contribution is -0.274. The minimum Gasteiger partial charge on any atom is -0.406 e. The van der Waals surface area contributed by atoms with E-state index in [1.165, 1.54) is 17.0 Å². The number of ether oxygens (including phenoxy) is 1. The van der Waals surface area contributed by atoms with E-state index in [2.05, 4.69) is 10.1 Å². The highest BCUT2D eigenvalue weighted by Crippen LogP contribution is 2.33. The Bertz CT molecular complexity index is 1040. The van der Waals surface area contributed by atoms with Gasteiger partial charge in [-0.25, -0.2) is 0 Å². The van der Waals surface area contributed by atoms with Crippen molar-refractivity contribution in [3.63, 3.8) is 0 Å². The Morgan fingerprint density at radius 1 is 1.00 bits per heavy atom. The van der Waals surface area contributed by atoms with Gasteiger partial charge in [-0.05, 0) is 55.2 Å². The van der Waals surface area contributed by atoms with Gasteiger partial charge in [0.1, 0.15) is 11.4 Å². The number of imide groups is 1. The predicted octanol–water partition coefficient (Wildman–Crippen LogP) is 5.05. The van der Waals surface area contributed by atoms with E-state index in [4.69, 9.17) is 0 Å². The maximum atomic E-state index is 13.2. The van der Waals surface area contributed by atoms with Gasteiger partial charge in [-0.3, -0.25) is 14.5 Å². The van der Waals surface area contributed by atoms with Gasteiger partial charge in [-0.1, -0.05) is 37.6 Å². The maximum Gasteiger partial charge on any atom is 0.573 e. The van der Waals surface area contributed by atoms with Gasteiger partial charge in [-0.2, -0.15) is 0 Å².